The molecule has 0 amide bonds. The Kier molecular flexibility index (Phi) is 1.78. The van der Waals surface area contributed by atoms with Crippen LogP contribution in [0.25, 0.3) is 0 Å². The van der Waals surface area contributed by atoms with E-state index in [0.717, 1.165) is 0 Å². The summed E-state index contributed by atoms with van der Waals surface area (Å²) in [6, 6.07) is 7.06. The SMILES string of the molecule is [C]#Cc1ccccc1C#[C]. The molecule has 0 aliphatic heterocycles. The Balaban J connectivity index is 3.28. The number of rotatable bonds is 0. The summed E-state index contributed by atoms with van der Waals surface area (Å²) in [5.74, 6) is 4.43. The van der Waals surface area contributed by atoms with Crippen molar-refractivity contribution in [3.05, 3.63) is 48.2 Å². The van der Waals surface area contributed by atoms with Crippen molar-refractivity contribution < 1.29 is 0 Å². The first-order valence-electron chi connectivity index (χ1n) is 2.83. The average Bonchev–Trinajstić information content (AvgIpc) is 2.04. The molecule has 0 fully saturated rings. The van der Waals surface area contributed by atoms with E-state index < -0.39 is 0 Å². The smallest absolute Gasteiger partial charge is 0.0412 e. The molecular weight excluding hydrogens is 120 g/mol. The second kappa shape index (κ2) is 2.76. The first-order valence-corrected chi connectivity index (χ1v) is 2.83. The van der Waals surface area contributed by atoms with E-state index in [1.165, 1.54) is 0 Å². The minimum Gasteiger partial charge on any atom is -0.0609 e. The van der Waals surface area contributed by atoms with Gasteiger partial charge < -0.3 is 0 Å². The van der Waals surface area contributed by atoms with Crippen LogP contribution >= 0.6 is 0 Å². The van der Waals surface area contributed by atoms with Crippen LogP contribution in [0.5, 0.6) is 0 Å². The standard InChI is InChI=1S/C10H4/c1-3-9-7-5-6-8-10(9)4-2/h5-8H. The highest BCUT2D eigenvalue weighted by atomic mass is 13.9. The summed E-state index contributed by atoms with van der Waals surface area (Å²) < 4.78 is 0. The predicted octanol–water partition coefficient (Wildman–Crippen LogP) is 1.56. The van der Waals surface area contributed by atoms with Gasteiger partial charge in [0, 0.05) is 11.1 Å². The number of hydrogen-bond acceptors (Lipinski definition) is 0. The fourth-order valence-electron chi connectivity index (χ4n) is 0.701. The Morgan fingerprint density at radius 1 is 0.900 bits per heavy atom. The van der Waals surface area contributed by atoms with Gasteiger partial charge in [-0.05, 0) is 25.0 Å². The van der Waals surface area contributed by atoms with Crippen molar-refractivity contribution in [2.24, 2.45) is 0 Å². The normalized spacial score (nSPS) is 7.80. The van der Waals surface area contributed by atoms with Crippen molar-refractivity contribution >= 4 is 0 Å². The van der Waals surface area contributed by atoms with Crippen LogP contribution in [-0.4, -0.2) is 0 Å². The van der Waals surface area contributed by atoms with Crippen molar-refractivity contribution in [3.8, 4) is 11.8 Å². The van der Waals surface area contributed by atoms with Crippen LogP contribution in [-0.2, 0) is 0 Å². The van der Waals surface area contributed by atoms with Gasteiger partial charge in [-0.2, -0.15) is 0 Å². The monoisotopic (exact) mass is 124 g/mol. The van der Waals surface area contributed by atoms with Crippen molar-refractivity contribution in [3.63, 3.8) is 0 Å². The highest BCUT2D eigenvalue weighted by molar-refractivity contribution is 5.46. The molecule has 0 heterocycles. The van der Waals surface area contributed by atoms with E-state index in [1.807, 2.05) is 0 Å². The molecule has 1 aromatic rings. The van der Waals surface area contributed by atoms with E-state index in [0.29, 0.717) is 11.1 Å². The lowest BCUT2D eigenvalue weighted by atomic mass is 10.1. The van der Waals surface area contributed by atoms with Crippen LogP contribution < -0.4 is 0 Å². The second-order valence-electron chi connectivity index (χ2n) is 1.80. The minimum atomic E-state index is 0.609. The summed E-state index contributed by atoms with van der Waals surface area (Å²) in [5.41, 5.74) is 1.22. The lowest BCUT2D eigenvalue weighted by molar-refractivity contribution is 1.59. The van der Waals surface area contributed by atoms with E-state index >= 15 is 0 Å². The van der Waals surface area contributed by atoms with Gasteiger partial charge >= 0.3 is 0 Å². The maximum absolute atomic E-state index is 6.81. The molecule has 0 aliphatic rings. The van der Waals surface area contributed by atoms with E-state index in [2.05, 4.69) is 11.8 Å². The topological polar surface area (TPSA) is 0 Å². The van der Waals surface area contributed by atoms with Crippen molar-refractivity contribution in [2.75, 3.05) is 0 Å². The molecule has 0 unspecified atom stereocenters. The van der Waals surface area contributed by atoms with Gasteiger partial charge in [0.25, 0.3) is 0 Å². The third-order valence-electron chi connectivity index (χ3n) is 1.20. The molecule has 1 aromatic carbocycles. The van der Waals surface area contributed by atoms with Crippen LogP contribution in [0.2, 0.25) is 0 Å². The lowest BCUT2D eigenvalue weighted by Gasteiger charge is -1.91. The van der Waals surface area contributed by atoms with E-state index in [4.69, 9.17) is 12.8 Å². The van der Waals surface area contributed by atoms with Crippen LogP contribution in [0.4, 0.5) is 0 Å². The Morgan fingerprint density at radius 3 is 1.60 bits per heavy atom. The summed E-state index contributed by atoms with van der Waals surface area (Å²) in [6.07, 6.45) is 13.6. The molecule has 0 heteroatoms. The molecule has 10 heavy (non-hydrogen) atoms. The molecule has 0 atom stereocenters. The Bertz CT molecular complexity index is 275. The Hall–Kier alpha value is -1.66. The van der Waals surface area contributed by atoms with Crippen molar-refractivity contribution in [1.82, 2.24) is 0 Å². The summed E-state index contributed by atoms with van der Waals surface area (Å²) in [6.45, 7) is 0. The largest absolute Gasteiger partial charge is 0.0609 e. The van der Waals surface area contributed by atoms with Gasteiger partial charge in [0.1, 0.15) is 0 Å². The number of hydrogen-bond donors (Lipinski definition) is 0. The molecule has 0 aromatic heterocycles. The van der Waals surface area contributed by atoms with Gasteiger partial charge in [-0.3, -0.25) is 0 Å². The Morgan fingerprint density at radius 2 is 1.30 bits per heavy atom. The van der Waals surface area contributed by atoms with Crippen LogP contribution in [0.1, 0.15) is 11.1 Å². The molecular formula is C10H4. The zero-order chi connectivity index (χ0) is 7.40. The summed E-state index contributed by atoms with van der Waals surface area (Å²) >= 11 is 0. The number of benzene rings is 1. The maximum atomic E-state index is 6.81. The molecule has 0 bridgehead atoms. The molecule has 0 saturated heterocycles. The highest BCUT2D eigenvalue weighted by Crippen LogP contribution is 2.03. The zero-order valence-electron chi connectivity index (χ0n) is 5.31. The van der Waals surface area contributed by atoms with Crippen molar-refractivity contribution in [1.29, 1.82) is 0 Å². The van der Waals surface area contributed by atoms with Gasteiger partial charge in [0.2, 0.25) is 0 Å². The molecule has 0 aliphatic carbocycles. The zero-order valence-corrected chi connectivity index (χ0v) is 5.31. The quantitative estimate of drug-likeness (QED) is 0.460. The molecule has 2 radical (unpaired) electrons. The van der Waals surface area contributed by atoms with Gasteiger partial charge in [0.05, 0.1) is 0 Å². The molecule has 44 valence electrons. The lowest BCUT2D eigenvalue weighted by Crippen LogP contribution is -1.79. The molecule has 0 N–H and O–H groups in total. The summed E-state index contributed by atoms with van der Waals surface area (Å²) in [7, 11) is 0. The Labute approximate surface area is 60.9 Å². The molecule has 0 nitrogen and oxygen atoms in total. The van der Waals surface area contributed by atoms with E-state index in [1.54, 1.807) is 24.3 Å². The molecule has 0 saturated carbocycles. The molecule has 0 spiro atoms. The first kappa shape index (κ1) is 6.46. The van der Waals surface area contributed by atoms with Gasteiger partial charge in [0.15, 0.2) is 0 Å². The van der Waals surface area contributed by atoms with Crippen LogP contribution in [0.3, 0.4) is 0 Å². The molecule has 1 rings (SSSR count). The summed E-state index contributed by atoms with van der Waals surface area (Å²) in [5, 5.41) is 0. The fraction of sp³-hybridized carbons (Fsp3) is 0. The third kappa shape index (κ3) is 1.02. The average molecular weight is 124 g/mol. The van der Waals surface area contributed by atoms with Crippen LogP contribution in [0, 0.1) is 24.7 Å². The van der Waals surface area contributed by atoms with Gasteiger partial charge in [-0.1, -0.05) is 24.0 Å². The van der Waals surface area contributed by atoms with E-state index in [9.17, 15) is 0 Å². The second-order valence-corrected chi connectivity index (χ2v) is 1.80. The maximum Gasteiger partial charge on any atom is 0.0412 e. The summed E-state index contributed by atoms with van der Waals surface area (Å²) in [4.78, 5) is 0. The highest BCUT2D eigenvalue weighted by Gasteiger charge is 1.91. The van der Waals surface area contributed by atoms with Gasteiger partial charge in [-0.15, -0.1) is 0 Å². The minimum absolute atomic E-state index is 0.609. The van der Waals surface area contributed by atoms with Crippen molar-refractivity contribution in [2.45, 2.75) is 0 Å². The first-order chi connectivity index (χ1) is 4.88. The predicted molar refractivity (Wildman–Crippen MR) is 38.9 cm³/mol. The third-order valence-corrected chi connectivity index (χ3v) is 1.20. The fourth-order valence-corrected chi connectivity index (χ4v) is 0.701. The van der Waals surface area contributed by atoms with E-state index in [-0.39, 0.29) is 0 Å². The van der Waals surface area contributed by atoms with Gasteiger partial charge in [-0.25, -0.2) is 0 Å². The van der Waals surface area contributed by atoms with Crippen LogP contribution in [0.15, 0.2) is 24.3 Å².